The SMILES string of the molecule is CCC(C)(C)C1CCC(NC(=O)CCSCC(=O)OC)CC1. The normalized spacial score (nSPS) is 22.2. The molecule has 0 bridgehead atoms. The van der Waals surface area contributed by atoms with Crippen LogP contribution in [-0.4, -0.2) is 36.5 Å². The van der Waals surface area contributed by atoms with E-state index < -0.39 is 0 Å². The average molecular weight is 330 g/mol. The van der Waals surface area contributed by atoms with Crippen LogP contribution in [0.2, 0.25) is 0 Å². The molecule has 0 aromatic carbocycles. The van der Waals surface area contributed by atoms with E-state index in [0.717, 1.165) is 18.8 Å². The van der Waals surface area contributed by atoms with Crippen molar-refractivity contribution in [3.05, 3.63) is 0 Å². The van der Waals surface area contributed by atoms with Gasteiger partial charge in [-0.2, -0.15) is 0 Å². The number of methoxy groups -OCH3 is 1. The first-order valence-corrected chi connectivity index (χ1v) is 9.48. The molecule has 1 amide bonds. The van der Waals surface area contributed by atoms with Crippen molar-refractivity contribution in [1.82, 2.24) is 5.32 Å². The van der Waals surface area contributed by atoms with Crippen molar-refractivity contribution in [3.63, 3.8) is 0 Å². The first kappa shape index (κ1) is 19.3. The monoisotopic (exact) mass is 329 g/mol. The summed E-state index contributed by atoms with van der Waals surface area (Å²) in [5.74, 6) is 1.64. The molecule has 4 nitrogen and oxygen atoms in total. The first-order valence-electron chi connectivity index (χ1n) is 8.33. The van der Waals surface area contributed by atoms with Crippen molar-refractivity contribution < 1.29 is 14.3 Å². The number of nitrogens with one attached hydrogen (secondary N) is 1. The summed E-state index contributed by atoms with van der Waals surface area (Å²) in [6, 6.07) is 0.335. The van der Waals surface area contributed by atoms with E-state index in [9.17, 15) is 9.59 Å². The van der Waals surface area contributed by atoms with Crippen LogP contribution in [0.5, 0.6) is 0 Å². The summed E-state index contributed by atoms with van der Waals surface area (Å²) in [6.07, 6.45) is 6.30. The van der Waals surface area contributed by atoms with E-state index in [1.807, 2.05) is 0 Å². The number of hydrogen-bond acceptors (Lipinski definition) is 4. The van der Waals surface area contributed by atoms with Crippen LogP contribution in [0.1, 0.15) is 59.3 Å². The number of thioether (sulfide) groups is 1. The van der Waals surface area contributed by atoms with Crippen LogP contribution in [0, 0.1) is 11.3 Å². The highest BCUT2D eigenvalue weighted by atomic mass is 32.2. The molecule has 128 valence electrons. The van der Waals surface area contributed by atoms with Gasteiger partial charge in [0.05, 0.1) is 12.9 Å². The maximum atomic E-state index is 11.9. The summed E-state index contributed by atoms with van der Waals surface area (Å²) in [7, 11) is 1.38. The maximum Gasteiger partial charge on any atom is 0.315 e. The molecule has 1 aliphatic rings. The Bertz CT molecular complexity index is 363. The van der Waals surface area contributed by atoms with Gasteiger partial charge < -0.3 is 10.1 Å². The maximum absolute atomic E-state index is 11.9. The van der Waals surface area contributed by atoms with E-state index in [1.165, 1.54) is 38.1 Å². The molecule has 0 aromatic heterocycles. The van der Waals surface area contributed by atoms with Crippen LogP contribution >= 0.6 is 11.8 Å². The molecule has 0 atom stereocenters. The van der Waals surface area contributed by atoms with Gasteiger partial charge in [-0.05, 0) is 37.0 Å². The van der Waals surface area contributed by atoms with Gasteiger partial charge in [0.2, 0.25) is 5.91 Å². The molecule has 1 aliphatic carbocycles. The third-order valence-electron chi connectivity index (χ3n) is 5.03. The van der Waals surface area contributed by atoms with Crippen molar-refractivity contribution in [2.45, 2.75) is 65.3 Å². The Morgan fingerprint density at radius 1 is 1.23 bits per heavy atom. The highest BCUT2D eigenvalue weighted by Gasteiger charge is 2.32. The summed E-state index contributed by atoms with van der Waals surface area (Å²) >= 11 is 1.45. The fraction of sp³-hybridized carbons (Fsp3) is 0.882. The summed E-state index contributed by atoms with van der Waals surface area (Å²) in [5, 5.41) is 3.14. The molecule has 1 fully saturated rings. The van der Waals surface area contributed by atoms with E-state index in [4.69, 9.17) is 0 Å². The molecule has 0 radical (unpaired) electrons. The number of esters is 1. The van der Waals surface area contributed by atoms with Crippen molar-refractivity contribution in [1.29, 1.82) is 0 Å². The lowest BCUT2D eigenvalue weighted by Gasteiger charge is -2.39. The quantitative estimate of drug-likeness (QED) is 0.548. The fourth-order valence-corrected chi connectivity index (χ4v) is 3.75. The highest BCUT2D eigenvalue weighted by Crippen LogP contribution is 2.40. The number of hydrogen-bond donors (Lipinski definition) is 1. The Morgan fingerprint density at radius 2 is 1.86 bits per heavy atom. The topological polar surface area (TPSA) is 55.4 Å². The largest absolute Gasteiger partial charge is 0.468 e. The minimum Gasteiger partial charge on any atom is -0.468 e. The van der Waals surface area contributed by atoms with Gasteiger partial charge in [-0.15, -0.1) is 11.8 Å². The summed E-state index contributed by atoms with van der Waals surface area (Å²) in [5.41, 5.74) is 0.416. The number of rotatable bonds is 8. The van der Waals surface area contributed by atoms with Gasteiger partial charge in [0, 0.05) is 18.2 Å². The van der Waals surface area contributed by atoms with E-state index in [0.29, 0.717) is 29.4 Å². The second-order valence-electron chi connectivity index (χ2n) is 6.84. The predicted molar refractivity (Wildman–Crippen MR) is 91.9 cm³/mol. The third kappa shape index (κ3) is 6.59. The van der Waals surface area contributed by atoms with Gasteiger partial charge in [-0.3, -0.25) is 9.59 Å². The molecule has 0 spiro atoms. The number of carbonyl (C=O) groups excluding carboxylic acids is 2. The molecule has 0 heterocycles. The molecule has 5 heteroatoms. The molecule has 22 heavy (non-hydrogen) atoms. The van der Waals surface area contributed by atoms with E-state index >= 15 is 0 Å². The van der Waals surface area contributed by atoms with Gasteiger partial charge >= 0.3 is 5.97 Å². The Morgan fingerprint density at radius 3 is 2.41 bits per heavy atom. The van der Waals surface area contributed by atoms with Crippen LogP contribution in [0.15, 0.2) is 0 Å². The zero-order valence-electron chi connectivity index (χ0n) is 14.4. The minimum absolute atomic E-state index is 0.107. The predicted octanol–water partition coefficient (Wildman–Crippen LogP) is 3.39. The molecule has 0 aliphatic heterocycles. The molecule has 1 N–H and O–H groups in total. The Hall–Kier alpha value is -0.710. The van der Waals surface area contributed by atoms with Gasteiger partial charge in [-0.1, -0.05) is 27.2 Å². The van der Waals surface area contributed by atoms with Crippen LogP contribution < -0.4 is 5.32 Å². The zero-order valence-corrected chi connectivity index (χ0v) is 15.3. The molecule has 1 rings (SSSR count). The van der Waals surface area contributed by atoms with Gasteiger partial charge in [0.1, 0.15) is 0 Å². The van der Waals surface area contributed by atoms with Gasteiger partial charge in [0.25, 0.3) is 0 Å². The lowest BCUT2D eigenvalue weighted by molar-refractivity contribution is -0.137. The molecular weight excluding hydrogens is 298 g/mol. The van der Waals surface area contributed by atoms with Crippen molar-refractivity contribution >= 4 is 23.6 Å². The molecule has 0 saturated heterocycles. The number of amides is 1. The molecule has 0 aromatic rings. The Balaban J connectivity index is 2.18. The minimum atomic E-state index is -0.234. The summed E-state index contributed by atoms with van der Waals surface area (Å²) < 4.78 is 4.57. The van der Waals surface area contributed by atoms with Crippen molar-refractivity contribution in [2.75, 3.05) is 18.6 Å². The van der Waals surface area contributed by atoms with E-state index in [-0.39, 0.29) is 11.9 Å². The second-order valence-corrected chi connectivity index (χ2v) is 7.94. The second kappa shape index (κ2) is 9.43. The summed E-state index contributed by atoms with van der Waals surface area (Å²) in [6.45, 7) is 6.98. The van der Waals surface area contributed by atoms with Crippen molar-refractivity contribution in [2.24, 2.45) is 11.3 Å². The van der Waals surface area contributed by atoms with E-state index in [2.05, 4.69) is 30.8 Å². The van der Waals surface area contributed by atoms with Gasteiger partial charge in [-0.25, -0.2) is 0 Å². The smallest absolute Gasteiger partial charge is 0.315 e. The molecular formula is C17H31NO3S. The van der Waals surface area contributed by atoms with Gasteiger partial charge in [0.15, 0.2) is 0 Å². The molecule has 1 saturated carbocycles. The van der Waals surface area contributed by atoms with Crippen LogP contribution in [0.25, 0.3) is 0 Å². The highest BCUT2D eigenvalue weighted by molar-refractivity contribution is 7.99. The lowest BCUT2D eigenvalue weighted by Crippen LogP contribution is -2.40. The first-order chi connectivity index (χ1) is 10.4. The fourth-order valence-electron chi connectivity index (χ4n) is 2.99. The Labute approximate surface area is 139 Å². The summed E-state index contributed by atoms with van der Waals surface area (Å²) in [4.78, 5) is 22.9. The Kier molecular flexibility index (Phi) is 8.29. The standard InChI is InChI=1S/C17H31NO3S/c1-5-17(2,3)13-6-8-14(9-7-13)18-15(19)10-11-22-12-16(20)21-4/h13-14H,5-12H2,1-4H3,(H,18,19). The van der Waals surface area contributed by atoms with Crippen LogP contribution in [0.3, 0.4) is 0 Å². The van der Waals surface area contributed by atoms with Crippen LogP contribution in [0.4, 0.5) is 0 Å². The zero-order chi connectivity index (χ0) is 16.6. The molecule has 0 unspecified atom stereocenters. The van der Waals surface area contributed by atoms with E-state index in [1.54, 1.807) is 0 Å². The number of carbonyl (C=O) groups is 2. The van der Waals surface area contributed by atoms with Crippen LogP contribution in [-0.2, 0) is 14.3 Å². The number of ether oxygens (including phenoxy) is 1. The average Bonchev–Trinajstić information content (AvgIpc) is 2.51. The third-order valence-corrected chi connectivity index (χ3v) is 5.96. The van der Waals surface area contributed by atoms with Crippen molar-refractivity contribution in [3.8, 4) is 0 Å². The lowest BCUT2D eigenvalue weighted by atomic mass is 9.69.